The van der Waals surface area contributed by atoms with E-state index in [1.807, 2.05) is 24.4 Å². The lowest BCUT2D eigenvalue weighted by Crippen LogP contribution is -2.00. The van der Waals surface area contributed by atoms with Crippen LogP contribution in [0.2, 0.25) is 0 Å². The summed E-state index contributed by atoms with van der Waals surface area (Å²) in [6.07, 6.45) is 5.60. The number of benzene rings is 1. The molecule has 2 nitrogen and oxygen atoms in total. The van der Waals surface area contributed by atoms with Crippen molar-refractivity contribution in [3.8, 4) is 0 Å². The number of hydrogen-bond donors (Lipinski definition) is 1. The standard InChI is InChI=1S/C13H13NO/c15-13(9-5-6-9)12-8-14-7-10-3-1-2-4-11(10)12/h1-4,7-9,13,15H,5-6H2. The van der Waals surface area contributed by atoms with Crippen LogP contribution in [0.5, 0.6) is 0 Å². The highest BCUT2D eigenvalue weighted by Gasteiger charge is 2.31. The molecule has 1 atom stereocenters. The minimum absolute atomic E-state index is 0.330. The molecule has 2 aromatic rings. The van der Waals surface area contributed by atoms with Crippen molar-refractivity contribution < 1.29 is 5.11 Å². The van der Waals surface area contributed by atoms with Gasteiger partial charge in [0.25, 0.3) is 0 Å². The number of nitrogens with zero attached hydrogens (tertiary/aromatic N) is 1. The molecule has 0 bridgehead atoms. The van der Waals surface area contributed by atoms with Gasteiger partial charge >= 0.3 is 0 Å². The van der Waals surface area contributed by atoms with Crippen LogP contribution in [0.3, 0.4) is 0 Å². The van der Waals surface area contributed by atoms with Gasteiger partial charge in [-0.1, -0.05) is 24.3 Å². The van der Waals surface area contributed by atoms with E-state index < -0.39 is 0 Å². The van der Waals surface area contributed by atoms with Crippen molar-refractivity contribution in [2.45, 2.75) is 18.9 Å². The Morgan fingerprint density at radius 3 is 2.80 bits per heavy atom. The fourth-order valence-electron chi connectivity index (χ4n) is 2.04. The Labute approximate surface area is 88.6 Å². The lowest BCUT2D eigenvalue weighted by atomic mass is 10.0. The SMILES string of the molecule is OC(c1cncc2ccccc12)C1CC1. The minimum Gasteiger partial charge on any atom is -0.388 e. The Balaban J connectivity index is 2.16. The molecular formula is C13H13NO. The predicted octanol–water partition coefficient (Wildman–Crippen LogP) is 2.68. The summed E-state index contributed by atoms with van der Waals surface area (Å²) in [5.41, 5.74) is 0.982. The Hall–Kier alpha value is -1.41. The van der Waals surface area contributed by atoms with E-state index in [1.165, 1.54) is 0 Å². The van der Waals surface area contributed by atoms with Gasteiger partial charge in [0.15, 0.2) is 0 Å². The monoisotopic (exact) mass is 199 g/mol. The third-order valence-electron chi connectivity index (χ3n) is 3.09. The second-order valence-corrected chi connectivity index (χ2v) is 4.23. The second-order valence-electron chi connectivity index (χ2n) is 4.23. The molecule has 1 unspecified atom stereocenters. The van der Waals surface area contributed by atoms with Crippen LogP contribution in [0.4, 0.5) is 0 Å². The molecule has 76 valence electrons. The largest absolute Gasteiger partial charge is 0.388 e. The van der Waals surface area contributed by atoms with E-state index in [2.05, 4.69) is 11.1 Å². The first-order valence-corrected chi connectivity index (χ1v) is 5.37. The van der Waals surface area contributed by atoms with Gasteiger partial charge in [-0.2, -0.15) is 0 Å². The minimum atomic E-state index is -0.330. The average molecular weight is 199 g/mol. The van der Waals surface area contributed by atoms with Gasteiger partial charge in [-0.3, -0.25) is 4.98 Å². The van der Waals surface area contributed by atoms with E-state index in [9.17, 15) is 5.11 Å². The lowest BCUT2D eigenvalue weighted by Gasteiger charge is -2.11. The highest BCUT2D eigenvalue weighted by Crippen LogP contribution is 2.42. The van der Waals surface area contributed by atoms with Crippen LogP contribution >= 0.6 is 0 Å². The molecule has 1 saturated carbocycles. The smallest absolute Gasteiger partial charge is 0.0839 e. The van der Waals surface area contributed by atoms with Crippen molar-refractivity contribution in [3.05, 3.63) is 42.2 Å². The van der Waals surface area contributed by atoms with E-state index in [0.29, 0.717) is 5.92 Å². The summed E-state index contributed by atoms with van der Waals surface area (Å²) < 4.78 is 0. The molecule has 0 spiro atoms. The molecule has 0 aliphatic heterocycles. The Bertz CT molecular complexity index is 485. The van der Waals surface area contributed by atoms with Crippen LogP contribution in [0.15, 0.2) is 36.7 Å². The van der Waals surface area contributed by atoms with E-state index in [-0.39, 0.29) is 6.10 Å². The van der Waals surface area contributed by atoms with Crippen LogP contribution in [-0.2, 0) is 0 Å². The van der Waals surface area contributed by atoms with E-state index in [4.69, 9.17) is 0 Å². The number of hydrogen-bond acceptors (Lipinski definition) is 2. The first-order chi connectivity index (χ1) is 7.36. The fraction of sp³-hybridized carbons (Fsp3) is 0.308. The van der Waals surface area contributed by atoms with Crippen molar-refractivity contribution in [1.29, 1.82) is 0 Å². The molecule has 15 heavy (non-hydrogen) atoms. The molecule has 1 aromatic heterocycles. The summed E-state index contributed by atoms with van der Waals surface area (Å²) in [6, 6.07) is 8.09. The van der Waals surface area contributed by atoms with Gasteiger partial charge in [-0.25, -0.2) is 0 Å². The van der Waals surface area contributed by atoms with Gasteiger partial charge in [-0.05, 0) is 24.1 Å². The van der Waals surface area contributed by atoms with Gasteiger partial charge in [0.1, 0.15) is 0 Å². The van der Waals surface area contributed by atoms with Gasteiger partial charge in [0.2, 0.25) is 0 Å². The Kier molecular flexibility index (Phi) is 1.96. The van der Waals surface area contributed by atoms with Crippen LogP contribution in [0.25, 0.3) is 10.8 Å². The highest BCUT2D eigenvalue weighted by molar-refractivity contribution is 5.84. The van der Waals surface area contributed by atoms with Crippen molar-refractivity contribution in [1.82, 2.24) is 4.98 Å². The first kappa shape index (κ1) is 8.86. The first-order valence-electron chi connectivity index (χ1n) is 5.37. The van der Waals surface area contributed by atoms with Crippen LogP contribution < -0.4 is 0 Å². The van der Waals surface area contributed by atoms with Gasteiger partial charge in [0, 0.05) is 23.3 Å². The molecule has 1 aromatic carbocycles. The number of fused-ring (bicyclic) bond motifs is 1. The lowest BCUT2D eigenvalue weighted by molar-refractivity contribution is 0.155. The topological polar surface area (TPSA) is 33.1 Å². The van der Waals surface area contributed by atoms with Crippen molar-refractivity contribution >= 4 is 10.8 Å². The van der Waals surface area contributed by atoms with E-state index in [0.717, 1.165) is 29.2 Å². The van der Waals surface area contributed by atoms with Crippen LogP contribution in [0.1, 0.15) is 24.5 Å². The zero-order chi connectivity index (χ0) is 10.3. The van der Waals surface area contributed by atoms with Crippen LogP contribution in [-0.4, -0.2) is 10.1 Å². The second kappa shape index (κ2) is 3.31. The molecule has 0 saturated heterocycles. The molecule has 3 rings (SSSR count). The molecule has 1 aliphatic rings. The van der Waals surface area contributed by atoms with Gasteiger partial charge in [0.05, 0.1) is 6.10 Å². The molecule has 1 aliphatic carbocycles. The molecule has 1 fully saturated rings. The number of aliphatic hydroxyl groups is 1. The molecule has 1 N–H and O–H groups in total. The summed E-state index contributed by atoms with van der Waals surface area (Å²) in [4.78, 5) is 4.18. The summed E-state index contributed by atoms with van der Waals surface area (Å²) in [5.74, 6) is 0.456. The maximum absolute atomic E-state index is 10.1. The number of aromatic nitrogens is 1. The molecule has 1 heterocycles. The number of pyridine rings is 1. The molecule has 0 amide bonds. The zero-order valence-corrected chi connectivity index (χ0v) is 8.43. The predicted molar refractivity (Wildman–Crippen MR) is 59.4 cm³/mol. The number of rotatable bonds is 2. The zero-order valence-electron chi connectivity index (χ0n) is 8.43. The fourth-order valence-corrected chi connectivity index (χ4v) is 2.04. The normalized spacial score (nSPS) is 17.9. The molecule has 0 radical (unpaired) electrons. The Morgan fingerprint density at radius 2 is 2.00 bits per heavy atom. The van der Waals surface area contributed by atoms with Gasteiger partial charge in [-0.15, -0.1) is 0 Å². The quantitative estimate of drug-likeness (QED) is 0.806. The summed E-state index contributed by atoms with van der Waals surface area (Å²) >= 11 is 0. The van der Waals surface area contributed by atoms with Crippen molar-refractivity contribution in [2.24, 2.45) is 5.92 Å². The third-order valence-corrected chi connectivity index (χ3v) is 3.09. The summed E-state index contributed by atoms with van der Waals surface area (Å²) in [5, 5.41) is 12.4. The summed E-state index contributed by atoms with van der Waals surface area (Å²) in [6.45, 7) is 0. The maximum atomic E-state index is 10.1. The number of aliphatic hydroxyl groups excluding tert-OH is 1. The third kappa shape index (κ3) is 1.51. The van der Waals surface area contributed by atoms with E-state index >= 15 is 0 Å². The molecule has 2 heteroatoms. The van der Waals surface area contributed by atoms with E-state index in [1.54, 1.807) is 6.20 Å². The maximum Gasteiger partial charge on any atom is 0.0839 e. The van der Waals surface area contributed by atoms with Crippen molar-refractivity contribution in [2.75, 3.05) is 0 Å². The highest BCUT2D eigenvalue weighted by atomic mass is 16.3. The van der Waals surface area contributed by atoms with Gasteiger partial charge < -0.3 is 5.11 Å². The molecular weight excluding hydrogens is 186 g/mol. The summed E-state index contributed by atoms with van der Waals surface area (Å²) in [7, 11) is 0. The van der Waals surface area contributed by atoms with Crippen molar-refractivity contribution in [3.63, 3.8) is 0 Å². The van der Waals surface area contributed by atoms with Crippen LogP contribution in [0, 0.1) is 5.92 Å². The average Bonchev–Trinajstić information content (AvgIpc) is 3.11. The Morgan fingerprint density at radius 1 is 1.20 bits per heavy atom.